The number of anilines is 1. The zero-order valence-corrected chi connectivity index (χ0v) is 15.6. The molecular formula is C15H16ClNO5S2. The number of rotatable bonds is 5. The van der Waals surface area contributed by atoms with E-state index in [0.717, 1.165) is 17.9 Å². The molecule has 0 aliphatic carbocycles. The first-order valence-corrected chi connectivity index (χ1v) is 10.5. The third-order valence-corrected chi connectivity index (χ3v) is 6.20. The molecule has 0 aliphatic rings. The van der Waals surface area contributed by atoms with Crippen molar-refractivity contribution in [2.75, 3.05) is 18.1 Å². The van der Waals surface area contributed by atoms with Crippen LogP contribution in [-0.2, 0) is 19.9 Å². The Morgan fingerprint density at radius 3 is 2.25 bits per heavy atom. The van der Waals surface area contributed by atoms with Gasteiger partial charge in [0.1, 0.15) is 10.6 Å². The number of ether oxygens (including phenoxy) is 1. The van der Waals surface area contributed by atoms with E-state index in [-0.39, 0.29) is 21.2 Å². The lowest BCUT2D eigenvalue weighted by Crippen LogP contribution is -2.15. The first-order valence-electron chi connectivity index (χ1n) is 6.71. The van der Waals surface area contributed by atoms with Crippen molar-refractivity contribution >= 4 is 37.1 Å². The van der Waals surface area contributed by atoms with Crippen molar-refractivity contribution in [1.29, 1.82) is 0 Å². The number of sulfone groups is 1. The summed E-state index contributed by atoms with van der Waals surface area (Å²) in [7, 11) is -6.33. The third-order valence-electron chi connectivity index (χ3n) is 3.28. The maximum absolute atomic E-state index is 12.6. The van der Waals surface area contributed by atoms with E-state index in [1.807, 2.05) is 0 Å². The largest absolute Gasteiger partial charge is 0.495 e. The minimum absolute atomic E-state index is 0.0353. The van der Waals surface area contributed by atoms with Gasteiger partial charge >= 0.3 is 0 Å². The molecule has 2 aromatic carbocycles. The second kappa shape index (κ2) is 6.62. The van der Waals surface area contributed by atoms with Crippen molar-refractivity contribution in [3.05, 3.63) is 47.0 Å². The smallest absolute Gasteiger partial charge is 0.265 e. The average molecular weight is 390 g/mol. The molecule has 9 heteroatoms. The van der Waals surface area contributed by atoms with E-state index in [4.69, 9.17) is 16.3 Å². The van der Waals surface area contributed by atoms with E-state index in [1.54, 1.807) is 19.1 Å². The molecule has 0 radical (unpaired) electrons. The molecule has 24 heavy (non-hydrogen) atoms. The van der Waals surface area contributed by atoms with Gasteiger partial charge in [0, 0.05) is 11.3 Å². The highest BCUT2D eigenvalue weighted by molar-refractivity contribution is 7.93. The number of nitrogens with one attached hydrogen (secondary N) is 1. The van der Waals surface area contributed by atoms with Gasteiger partial charge in [-0.25, -0.2) is 16.8 Å². The highest BCUT2D eigenvalue weighted by Gasteiger charge is 2.22. The Balaban J connectivity index is 2.53. The maximum Gasteiger partial charge on any atom is 0.265 e. The lowest BCUT2D eigenvalue weighted by Gasteiger charge is -2.13. The molecule has 0 saturated carbocycles. The zero-order valence-electron chi connectivity index (χ0n) is 13.2. The summed E-state index contributed by atoms with van der Waals surface area (Å²) in [5.74, 6) is 0.0353. The van der Waals surface area contributed by atoms with Gasteiger partial charge in [-0.1, -0.05) is 17.7 Å². The maximum atomic E-state index is 12.6. The van der Waals surface area contributed by atoms with Crippen molar-refractivity contribution in [3.63, 3.8) is 0 Å². The fourth-order valence-electron chi connectivity index (χ4n) is 1.96. The van der Waals surface area contributed by atoms with Crippen LogP contribution < -0.4 is 9.46 Å². The Hall–Kier alpha value is -1.77. The molecule has 130 valence electrons. The minimum Gasteiger partial charge on any atom is -0.495 e. The van der Waals surface area contributed by atoms with Gasteiger partial charge in [-0.15, -0.1) is 0 Å². The lowest BCUT2D eigenvalue weighted by atomic mass is 10.2. The number of methoxy groups -OCH3 is 1. The van der Waals surface area contributed by atoms with Crippen LogP contribution >= 0.6 is 11.6 Å². The molecule has 0 heterocycles. The number of halogens is 1. The SMILES string of the molecule is COc1ccc(S(C)(=O)=O)cc1S(=O)(=O)Nc1ccc(C)c(Cl)c1. The molecule has 2 aromatic rings. The molecule has 6 nitrogen and oxygen atoms in total. The van der Waals surface area contributed by atoms with E-state index in [1.165, 1.54) is 25.3 Å². The molecule has 0 fully saturated rings. The average Bonchev–Trinajstić information content (AvgIpc) is 2.49. The molecule has 0 spiro atoms. The van der Waals surface area contributed by atoms with Gasteiger partial charge in [0.25, 0.3) is 10.0 Å². The highest BCUT2D eigenvalue weighted by atomic mass is 35.5. The first kappa shape index (κ1) is 18.6. The van der Waals surface area contributed by atoms with Crippen LogP contribution in [0.2, 0.25) is 5.02 Å². The van der Waals surface area contributed by atoms with Crippen molar-refractivity contribution in [2.24, 2.45) is 0 Å². The van der Waals surface area contributed by atoms with Crippen LogP contribution in [0.25, 0.3) is 0 Å². The Morgan fingerprint density at radius 1 is 1.04 bits per heavy atom. The van der Waals surface area contributed by atoms with Gasteiger partial charge in [0.2, 0.25) is 0 Å². The number of aryl methyl sites for hydroxylation is 1. The molecule has 0 unspecified atom stereocenters. The fraction of sp³-hybridized carbons (Fsp3) is 0.200. The second-order valence-electron chi connectivity index (χ2n) is 5.15. The van der Waals surface area contributed by atoms with Gasteiger partial charge < -0.3 is 4.74 Å². The van der Waals surface area contributed by atoms with Crippen LogP contribution in [0.1, 0.15) is 5.56 Å². The molecule has 1 N–H and O–H groups in total. The van der Waals surface area contributed by atoms with E-state index < -0.39 is 19.9 Å². The first-order chi connectivity index (χ1) is 11.0. The summed E-state index contributed by atoms with van der Waals surface area (Å²) in [5.41, 5.74) is 1.06. The summed E-state index contributed by atoms with van der Waals surface area (Å²) in [4.78, 5) is -0.393. The Bertz CT molecular complexity index is 985. The van der Waals surface area contributed by atoms with E-state index in [2.05, 4.69) is 4.72 Å². The summed E-state index contributed by atoms with van der Waals surface area (Å²) in [5, 5.41) is 0.409. The third kappa shape index (κ3) is 4.00. The molecule has 0 amide bonds. The quantitative estimate of drug-likeness (QED) is 0.849. The van der Waals surface area contributed by atoms with Crippen LogP contribution in [0.5, 0.6) is 5.75 Å². The zero-order chi connectivity index (χ0) is 18.1. The standard InChI is InChI=1S/C15H16ClNO5S2/c1-10-4-5-11(8-13(10)16)17-24(20,21)15-9-12(23(3,18)19)6-7-14(15)22-2/h4-9,17H,1-3H3. The molecule has 0 aliphatic heterocycles. The van der Waals surface area contributed by atoms with E-state index >= 15 is 0 Å². The van der Waals surface area contributed by atoms with Crippen LogP contribution in [0.4, 0.5) is 5.69 Å². The van der Waals surface area contributed by atoms with Crippen LogP contribution in [0.15, 0.2) is 46.2 Å². The van der Waals surface area contributed by atoms with Crippen LogP contribution in [0, 0.1) is 6.92 Å². The lowest BCUT2D eigenvalue weighted by molar-refractivity contribution is 0.402. The van der Waals surface area contributed by atoms with Crippen molar-refractivity contribution in [1.82, 2.24) is 0 Å². The number of sulfonamides is 1. The Morgan fingerprint density at radius 2 is 1.71 bits per heavy atom. The second-order valence-corrected chi connectivity index (χ2v) is 9.23. The van der Waals surface area contributed by atoms with Gasteiger partial charge in [-0.3, -0.25) is 4.72 Å². The summed E-state index contributed by atoms with van der Waals surface area (Å²) < 4.78 is 56.0. The summed E-state index contributed by atoms with van der Waals surface area (Å²) in [6.45, 7) is 1.79. The minimum atomic E-state index is -4.07. The normalized spacial score (nSPS) is 12.0. The molecule has 2 rings (SSSR count). The van der Waals surface area contributed by atoms with Crippen LogP contribution in [0.3, 0.4) is 0 Å². The summed E-state index contributed by atoms with van der Waals surface area (Å²) in [6.07, 6.45) is 0.998. The number of benzene rings is 2. The van der Waals surface area contributed by atoms with Crippen molar-refractivity contribution in [2.45, 2.75) is 16.7 Å². The van der Waals surface area contributed by atoms with Gasteiger partial charge in [-0.05, 0) is 42.8 Å². The highest BCUT2D eigenvalue weighted by Crippen LogP contribution is 2.29. The number of hydrogen-bond donors (Lipinski definition) is 1. The topological polar surface area (TPSA) is 89.5 Å². The molecule has 0 aromatic heterocycles. The van der Waals surface area contributed by atoms with Gasteiger partial charge in [-0.2, -0.15) is 0 Å². The Kier molecular flexibility index (Phi) is 5.12. The molecule has 0 bridgehead atoms. The van der Waals surface area contributed by atoms with E-state index in [0.29, 0.717) is 5.02 Å². The van der Waals surface area contributed by atoms with Gasteiger partial charge in [0.15, 0.2) is 9.84 Å². The molecule has 0 saturated heterocycles. The summed E-state index contributed by atoms with van der Waals surface area (Å²) in [6, 6.07) is 8.35. The number of hydrogen-bond acceptors (Lipinski definition) is 5. The van der Waals surface area contributed by atoms with Crippen molar-refractivity contribution < 1.29 is 21.6 Å². The van der Waals surface area contributed by atoms with E-state index in [9.17, 15) is 16.8 Å². The summed E-state index contributed by atoms with van der Waals surface area (Å²) >= 11 is 5.99. The van der Waals surface area contributed by atoms with Crippen molar-refractivity contribution in [3.8, 4) is 5.75 Å². The predicted molar refractivity (Wildman–Crippen MR) is 93.1 cm³/mol. The molecular weight excluding hydrogens is 374 g/mol. The molecule has 0 atom stereocenters. The fourth-order valence-corrected chi connectivity index (χ4v) is 4.11. The Labute approximate surface area is 146 Å². The van der Waals surface area contributed by atoms with Crippen LogP contribution in [-0.4, -0.2) is 30.2 Å². The monoisotopic (exact) mass is 389 g/mol. The van der Waals surface area contributed by atoms with Gasteiger partial charge in [0.05, 0.1) is 17.7 Å². The predicted octanol–water partition coefficient (Wildman–Crippen LogP) is 2.86.